The first-order chi connectivity index (χ1) is 6.58. The number of nitriles is 1. The highest BCUT2D eigenvalue weighted by Crippen LogP contribution is 2.22. The fourth-order valence-corrected chi connectivity index (χ4v) is 3.65. The lowest BCUT2D eigenvalue weighted by Gasteiger charge is -2.14. The van der Waals surface area contributed by atoms with Crippen molar-refractivity contribution in [3.05, 3.63) is 0 Å². The summed E-state index contributed by atoms with van der Waals surface area (Å²) in [6.07, 6.45) is 1.14. The molecule has 2 atom stereocenters. The van der Waals surface area contributed by atoms with Crippen LogP contribution >= 0.6 is 0 Å². The Morgan fingerprint density at radius 3 is 2.79 bits per heavy atom. The highest BCUT2D eigenvalue weighted by molar-refractivity contribution is 7.92. The smallest absolute Gasteiger partial charge is 0.155 e. The normalized spacial score (nSPS) is 27.4. The lowest BCUT2D eigenvalue weighted by atomic mass is 10.3. The van der Waals surface area contributed by atoms with Gasteiger partial charge in [0.05, 0.1) is 23.2 Å². The molecule has 0 saturated carbocycles. The van der Waals surface area contributed by atoms with E-state index in [1.54, 1.807) is 6.92 Å². The first kappa shape index (κ1) is 11.5. The highest BCUT2D eigenvalue weighted by Gasteiger charge is 2.34. The van der Waals surface area contributed by atoms with Gasteiger partial charge in [0, 0.05) is 13.0 Å². The molecular weight excluding hydrogens is 202 g/mol. The summed E-state index contributed by atoms with van der Waals surface area (Å²) >= 11 is 0. The maximum atomic E-state index is 11.7. The van der Waals surface area contributed by atoms with Crippen molar-refractivity contribution in [1.29, 1.82) is 5.26 Å². The zero-order chi connectivity index (χ0) is 10.6. The van der Waals surface area contributed by atoms with Crippen molar-refractivity contribution in [2.75, 3.05) is 12.4 Å². The van der Waals surface area contributed by atoms with Gasteiger partial charge in [0.2, 0.25) is 0 Å². The molecule has 0 bridgehead atoms. The van der Waals surface area contributed by atoms with E-state index in [9.17, 15) is 8.42 Å². The fraction of sp³-hybridized carbons (Fsp3) is 0.889. The molecule has 0 unspecified atom stereocenters. The molecule has 0 aliphatic carbocycles. The first-order valence-electron chi connectivity index (χ1n) is 4.78. The van der Waals surface area contributed by atoms with E-state index in [0.717, 1.165) is 0 Å². The van der Waals surface area contributed by atoms with Crippen LogP contribution < -0.4 is 0 Å². The monoisotopic (exact) mass is 217 g/mol. The molecule has 4 nitrogen and oxygen atoms in total. The summed E-state index contributed by atoms with van der Waals surface area (Å²) in [6.45, 7) is 2.32. The average Bonchev–Trinajstić information content (AvgIpc) is 2.52. The van der Waals surface area contributed by atoms with Gasteiger partial charge in [-0.2, -0.15) is 5.26 Å². The van der Waals surface area contributed by atoms with Gasteiger partial charge in [-0.05, 0) is 19.8 Å². The van der Waals surface area contributed by atoms with Crippen LogP contribution in [-0.2, 0) is 14.6 Å². The summed E-state index contributed by atoms with van der Waals surface area (Å²) in [7, 11) is -3.06. The third kappa shape index (κ3) is 2.69. The summed E-state index contributed by atoms with van der Waals surface area (Å²) in [5, 5.41) is 7.95. The van der Waals surface area contributed by atoms with E-state index in [-0.39, 0.29) is 17.1 Å². The van der Waals surface area contributed by atoms with E-state index >= 15 is 0 Å². The molecule has 0 aromatic heterocycles. The zero-order valence-corrected chi connectivity index (χ0v) is 9.09. The Kier molecular flexibility index (Phi) is 3.90. The minimum absolute atomic E-state index is 0.110. The molecule has 14 heavy (non-hydrogen) atoms. The Morgan fingerprint density at radius 2 is 2.29 bits per heavy atom. The van der Waals surface area contributed by atoms with Crippen molar-refractivity contribution in [2.24, 2.45) is 0 Å². The first-order valence-corrected chi connectivity index (χ1v) is 6.49. The molecule has 5 heteroatoms. The van der Waals surface area contributed by atoms with Crippen molar-refractivity contribution >= 4 is 9.84 Å². The SMILES string of the molecule is C[C@@H]1OCC[C@@H]1S(=O)(=O)CCCC#N. The van der Waals surface area contributed by atoms with Crippen LogP contribution in [0.2, 0.25) is 0 Å². The van der Waals surface area contributed by atoms with Gasteiger partial charge in [0.15, 0.2) is 9.84 Å². The number of ether oxygens (including phenoxy) is 1. The molecule has 0 aromatic rings. The maximum Gasteiger partial charge on any atom is 0.155 e. The van der Waals surface area contributed by atoms with Gasteiger partial charge in [-0.3, -0.25) is 0 Å². The Balaban J connectivity index is 2.53. The predicted octanol–water partition coefficient (Wildman–Crippen LogP) is 0.882. The summed E-state index contributed by atoms with van der Waals surface area (Å²) in [5.74, 6) is 0.110. The van der Waals surface area contributed by atoms with E-state index in [1.165, 1.54) is 0 Å². The van der Waals surface area contributed by atoms with Crippen LogP contribution in [0.15, 0.2) is 0 Å². The molecule has 80 valence electrons. The second kappa shape index (κ2) is 4.76. The Labute approximate surface area is 84.8 Å². The highest BCUT2D eigenvalue weighted by atomic mass is 32.2. The number of sulfone groups is 1. The van der Waals surface area contributed by atoms with Gasteiger partial charge < -0.3 is 4.74 Å². The number of nitrogens with zero attached hydrogens (tertiary/aromatic N) is 1. The molecule has 0 spiro atoms. The van der Waals surface area contributed by atoms with Crippen molar-refractivity contribution in [2.45, 2.75) is 37.5 Å². The van der Waals surface area contributed by atoms with Crippen molar-refractivity contribution < 1.29 is 13.2 Å². The number of hydrogen-bond donors (Lipinski definition) is 0. The number of unbranched alkanes of at least 4 members (excludes halogenated alkanes) is 1. The van der Waals surface area contributed by atoms with Gasteiger partial charge in [-0.15, -0.1) is 0 Å². The third-order valence-electron chi connectivity index (χ3n) is 2.49. The quantitative estimate of drug-likeness (QED) is 0.656. The Morgan fingerprint density at radius 1 is 1.57 bits per heavy atom. The molecule has 0 radical (unpaired) electrons. The van der Waals surface area contributed by atoms with Crippen molar-refractivity contribution in [3.8, 4) is 6.07 Å². The van der Waals surface area contributed by atoms with E-state index in [4.69, 9.17) is 10.00 Å². The maximum absolute atomic E-state index is 11.7. The topological polar surface area (TPSA) is 67.2 Å². The van der Waals surface area contributed by atoms with Gasteiger partial charge in [0.25, 0.3) is 0 Å². The number of rotatable bonds is 4. The van der Waals surface area contributed by atoms with Crippen LogP contribution in [-0.4, -0.2) is 32.1 Å². The van der Waals surface area contributed by atoms with Crippen LogP contribution in [0.5, 0.6) is 0 Å². The average molecular weight is 217 g/mol. The lowest BCUT2D eigenvalue weighted by Crippen LogP contribution is -2.30. The molecule has 0 amide bonds. The van der Waals surface area contributed by atoms with E-state index in [2.05, 4.69) is 0 Å². The van der Waals surface area contributed by atoms with Crippen LogP contribution in [0.4, 0.5) is 0 Å². The van der Waals surface area contributed by atoms with Gasteiger partial charge in [0.1, 0.15) is 0 Å². The van der Waals surface area contributed by atoms with E-state index in [0.29, 0.717) is 25.9 Å². The number of hydrogen-bond acceptors (Lipinski definition) is 4. The molecule has 1 aliphatic rings. The molecule has 0 aromatic carbocycles. The molecule has 1 heterocycles. The van der Waals surface area contributed by atoms with Crippen LogP contribution in [0.25, 0.3) is 0 Å². The van der Waals surface area contributed by atoms with Gasteiger partial charge in [-0.1, -0.05) is 0 Å². The summed E-state index contributed by atoms with van der Waals surface area (Å²) in [5.41, 5.74) is 0. The van der Waals surface area contributed by atoms with Crippen molar-refractivity contribution in [3.63, 3.8) is 0 Å². The van der Waals surface area contributed by atoms with Crippen LogP contribution in [0.1, 0.15) is 26.2 Å². The summed E-state index contributed by atoms with van der Waals surface area (Å²) < 4.78 is 28.7. The molecule has 1 rings (SSSR count). The van der Waals surface area contributed by atoms with E-state index in [1.807, 2.05) is 6.07 Å². The minimum Gasteiger partial charge on any atom is -0.377 e. The molecule has 0 N–H and O–H groups in total. The van der Waals surface area contributed by atoms with Gasteiger partial charge in [-0.25, -0.2) is 8.42 Å². The van der Waals surface area contributed by atoms with Crippen molar-refractivity contribution in [1.82, 2.24) is 0 Å². The second-order valence-electron chi connectivity index (χ2n) is 3.53. The molecule has 1 fully saturated rings. The lowest BCUT2D eigenvalue weighted by molar-refractivity contribution is 0.126. The fourth-order valence-electron chi connectivity index (χ4n) is 1.69. The zero-order valence-electron chi connectivity index (χ0n) is 8.27. The van der Waals surface area contributed by atoms with Crippen LogP contribution in [0, 0.1) is 11.3 Å². The largest absolute Gasteiger partial charge is 0.377 e. The van der Waals surface area contributed by atoms with Gasteiger partial charge >= 0.3 is 0 Å². The minimum atomic E-state index is -3.06. The Bertz CT molecular complexity index is 317. The Hall–Kier alpha value is -0.600. The third-order valence-corrected chi connectivity index (χ3v) is 4.88. The summed E-state index contributed by atoms with van der Waals surface area (Å²) in [4.78, 5) is 0. The van der Waals surface area contributed by atoms with E-state index < -0.39 is 9.84 Å². The predicted molar refractivity (Wildman–Crippen MR) is 52.5 cm³/mol. The standard InChI is InChI=1S/C9H15NO3S/c1-8-9(4-6-13-8)14(11,12)7-3-2-5-10/h8-9H,2-4,6-7H2,1H3/t8-,9-/m0/s1. The molecule has 1 saturated heterocycles. The summed E-state index contributed by atoms with van der Waals surface area (Å²) in [6, 6.07) is 1.95. The van der Waals surface area contributed by atoms with Crippen LogP contribution in [0.3, 0.4) is 0 Å². The molecule has 1 aliphatic heterocycles. The second-order valence-corrected chi connectivity index (χ2v) is 5.87. The molecular formula is C9H15NO3S.